The molecule has 0 amide bonds. The van der Waals surface area contributed by atoms with E-state index in [-0.39, 0.29) is 12.5 Å². The van der Waals surface area contributed by atoms with Crippen molar-refractivity contribution in [3.05, 3.63) is 12.1 Å². The molecule has 2 heterocycles. The Hall–Kier alpha value is -1.83. The van der Waals surface area contributed by atoms with E-state index in [4.69, 9.17) is 4.74 Å². The van der Waals surface area contributed by atoms with E-state index in [2.05, 4.69) is 28.7 Å². The lowest BCUT2D eigenvalue weighted by molar-refractivity contribution is 0.329. The molecule has 0 saturated carbocycles. The summed E-state index contributed by atoms with van der Waals surface area (Å²) in [5.41, 5.74) is 0. The lowest BCUT2D eigenvalue weighted by atomic mass is 10.00. The number of hydrogen-bond donors (Lipinski definition) is 0. The quantitative estimate of drug-likeness (QED) is 0.793. The Labute approximate surface area is 119 Å². The van der Waals surface area contributed by atoms with Gasteiger partial charge in [-0.2, -0.15) is 9.37 Å². The van der Waals surface area contributed by atoms with Gasteiger partial charge < -0.3 is 9.64 Å². The highest BCUT2D eigenvalue weighted by molar-refractivity contribution is 5.44. The summed E-state index contributed by atoms with van der Waals surface area (Å²) < 4.78 is 19.7. The van der Waals surface area contributed by atoms with Crippen molar-refractivity contribution in [3.63, 3.8) is 0 Å². The van der Waals surface area contributed by atoms with Gasteiger partial charge in [0, 0.05) is 12.6 Å². The van der Waals surface area contributed by atoms with Crippen LogP contribution in [0.15, 0.2) is 6.33 Å². The van der Waals surface area contributed by atoms with Crippen molar-refractivity contribution in [2.75, 3.05) is 18.1 Å². The highest BCUT2D eigenvalue weighted by Crippen LogP contribution is 2.29. The lowest BCUT2D eigenvalue weighted by Gasteiger charge is -2.36. The molecule has 108 valence electrons. The third kappa shape index (κ3) is 3.19. The summed E-state index contributed by atoms with van der Waals surface area (Å²) in [5.74, 6) is 5.29. The van der Waals surface area contributed by atoms with Gasteiger partial charge in [-0.3, -0.25) is 0 Å². The molecule has 1 fully saturated rings. The minimum absolute atomic E-state index is 0.0156. The number of halogens is 1. The van der Waals surface area contributed by atoms with E-state index in [0.717, 1.165) is 25.8 Å². The molecule has 0 aliphatic carbocycles. The number of hydrogen-bond acceptors (Lipinski definition) is 4. The smallest absolute Gasteiger partial charge is 0.256 e. The van der Waals surface area contributed by atoms with Crippen molar-refractivity contribution in [2.45, 2.75) is 45.6 Å². The van der Waals surface area contributed by atoms with Crippen LogP contribution in [0.25, 0.3) is 0 Å². The molecule has 1 aliphatic heterocycles. The maximum Gasteiger partial charge on any atom is 0.256 e. The molecule has 1 aliphatic rings. The van der Waals surface area contributed by atoms with E-state index in [0.29, 0.717) is 11.9 Å². The number of piperidine rings is 1. The molecule has 1 atom stereocenters. The third-order valence-corrected chi connectivity index (χ3v) is 3.57. The van der Waals surface area contributed by atoms with Gasteiger partial charge in [0.05, 0.1) is 0 Å². The van der Waals surface area contributed by atoms with Gasteiger partial charge >= 0.3 is 0 Å². The Morgan fingerprint density at radius 2 is 2.30 bits per heavy atom. The molecule has 4 nitrogen and oxygen atoms in total. The topological polar surface area (TPSA) is 38.3 Å². The zero-order valence-electron chi connectivity index (χ0n) is 12.0. The van der Waals surface area contributed by atoms with Crippen LogP contribution in [0.3, 0.4) is 0 Å². The minimum atomic E-state index is -0.481. The maximum atomic E-state index is 14.5. The van der Waals surface area contributed by atoms with E-state index >= 15 is 0 Å². The van der Waals surface area contributed by atoms with Gasteiger partial charge in [0.25, 0.3) is 5.88 Å². The third-order valence-electron chi connectivity index (χ3n) is 3.57. The second-order valence-corrected chi connectivity index (χ2v) is 4.78. The molecule has 0 N–H and O–H groups in total. The number of ether oxygens (including phenoxy) is 1. The number of aromatic nitrogens is 2. The molecule has 1 aromatic heterocycles. The molecule has 2 rings (SSSR count). The highest BCUT2D eigenvalue weighted by Gasteiger charge is 2.26. The van der Waals surface area contributed by atoms with Crippen molar-refractivity contribution in [1.29, 1.82) is 0 Å². The SMILES string of the molecule is CC#CCOc1ncnc(N2CCCCC2CC)c1F. The van der Waals surface area contributed by atoms with Crippen LogP contribution in [0.4, 0.5) is 10.2 Å². The summed E-state index contributed by atoms with van der Waals surface area (Å²) in [6.45, 7) is 4.81. The largest absolute Gasteiger partial charge is 0.462 e. The molecule has 5 heteroatoms. The second kappa shape index (κ2) is 7.09. The van der Waals surface area contributed by atoms with Crippen molar-refractivity contribution in [1.82, 2.24) is 9.97 Å². The van der Waals surface area contributed by atoms with Crippen molar-refractivity contribution in [2.24, 2.45) is 0 Å². The number of nitrogens with zero attached hydrogens (tertiary/aromatic N) is 3. The first-order valence-corrected chi connectivity index (χ1v) is 7.07. The van der Waals surface area contributed by atoms with Gasteiger partial charge in [0.15, 0.2) is 12.4 Å². The summed E-state index contributed by atoms with van der Waals surface area (Å²) in [6, 6.07) is 0.344. The fourth-order valence-electron chi connectivity index (χ4n) is 2.53. The Bertz CT molecular complexity index is 510. The first kappa shape index (κ1) is 14.6. The second-order valence-electron chi connectivity index (χ2n) is 4.78. The standard InChI is InChI=1S/C15H20FN3O/c1-3-5-10-20-15-13(16)14(17-11-18-15)19-9-7-6-8-12(19)4-2/h11-12H,4,6-10H2,1-2H3. The normalized spacial score (nSPS) is 18.4. The summed E-state index contributed by atoms with van der Waals surface area (Å²) in [6.07, 6.45) is 5.68. The average Bonchev–Trinajstić information content (AvgIpc) is 2.49. The number of anilines is 1. The molecule has 0 spiro atoms. The van der Waals surface area contributed by atoms with Crippen LogP contribution < -0.4 is 9.64 Å². The highest BCUT2D eigenvalue weighted by atomic mass is 19.1. The molecule has 0 radical (unpaired) electrons. The minimum Gasteiger partial charge on any atom is -0.462 e. The van der Waals surface area contributed by atoms with Crippen LogP contribution >= 0.6 is 0 Å². The Kier molecular flexibility index (Phi) is 5.16. The maximum absolute atomic E-state index is 14.5. The molecule has 1 aromatic rings. The monoisotopic (exact) mass is 277 g/mol. The van der Waals surface area contributed by atoms with E-state index in [1.54, 1.807) is 6.92 Å². The van der Waals surface area contributed by atoms with Crippen molar-refractivity contribution < 1.29 is 9.13 Å². The lowest BCUT2D eigenvalue weighted by Crippen LogP contribution is -2.40. The summed E-state index contributed by atoms with van der Waals surface area (Å²) in [4.78, 5) is 10.0. The van der Waals surface area contributed by atoms with Gasteiger partial charge in [-0.05, 0) is 32.6 Å². The van der Waals surface area contributed by atoms with E-state index in [1.807, 2.05) is 4.90 Å². The van der Waals surface area contributed by atoms with Crippen molar-refractivity contribution >= 4 is 5.82 Å². The van der Waals surface area contributed by atoms with Crippen LogP contribution in [0, 0.1) is 17.7 Å². The van der Waals surface area contributed by atoms with Gasteiger partial charge in [0.2, 0.25) is 5.82 Å². The zero-order valence-corrected chi connectivity index (χ0v) is 12.0. The van der Waals surface area contributed by atoms with Crippen LogP contribution in [-0.2, 0) is 0 Å². The van der Waals surface area contributed by atoms with Crippen molar-refractivity contribution in [3.8, 4) is 17.7 Å². The van der Waals surface area contributed by atoms with Gasteiger partial charge in [-0.25, -0.2) is 4.98 Å². The summed E-state index contributed by atoms with van der Waals surface area (Å²) in [7, 11) is 0. The molecule has 1 saturated heterocycles. The van der Waals surface area contributed by atoms with Crippen LogP contribution in [0.5, 0.6) is 5.88 Å². The molecular formula is C15H20FN3O. The molecule has 1 unspecified atom stereocenters. The van der Waals surface area contributed by atoms with Gasteiger partial charge in [0.1, 0.15) is 6.33 Å². The van der Waals surface area contributed by atoms with E-state index in [9.17, 15) is 4.39 Å². The summed E-state index contributed by atoms with van der Waals surface area (Å²) in [5, 5.41) is 0. The van der Waals surface area contributed by atoms with E-state index < -0.39 is 5.82 Å². The Morgan fingerprint density at radius 3 is 3.05 bits per heavy atom. The number of rotatable bonds is 4. The van der Waals surface area contributed by atoms with E-state index in [1.165, 1.54) is 12.7 Å². The predicted octanol–water partition coefficient (Wildman–Crippen LogP) is 2.79. The van der Waals surface area contributed by atoms with Gasteiger partial charge in [-0.15, -0.1) is 5.92 Å². The zero-order chi connectivity index (χ0) is 14.4. The molecule has 0 aromatic carbocycles. The van der Waals surface area contributed by atoms with Gasteiger partial charge in [-0.1, -0.05) is 12.8 Å². The fourth-order valence-corrected chi connectivity index (χ4v) is 2.53. The molecular weight excluding hydrogens is 257 g/mol. The predicted molar refractivity (Wildman–Crippen MR) is 76.2 cm³/mol. The Balaban J connectivity index is 2.21. The Morgan fingerprint density at radius 1 is 1.45 bits per heavy atom. The summed E-state index contributed by atoms with van der Waals surface area (Å²) >= 11 is 0. The van der Waals surface area contributed by atoms with Crippen LogP contribution in [0.2, 0.25) is 0 Å². The first-order valence-electron chi connectivity index (χ1n) is 7.07. The average molecular weight is 277 g/mol. The van der Waals surface area contributed by atoms with Crippen LogP contribution in [-0.4, -0.2) is 29.2 Å². The fraction of sp³-hybridized carbons (Fsp3) is 0.600. The molecule has 0 bridgehead atoms. The van der Waals surface area contributed by atoms with Crippen LogP contribution in [0.1, 0.15) is 39.5 Å². The molecule has 20 heavy (non-hydrogen) atoms. The first-order chi connectivity index (χ1) is 9.77.